The lowest BCUT2D eigenvalue weighted by Gasteiger charge is -2.24. The highest BCUT2D eigenvalue weighted by Gasteiger charge is 2.33. The molecule has 0 atom stereocenters. The largest absolute Gasteiger partial charge is 1.00 e. The molecule has 4 rings (SSSR count). The predicted octanol–water partition coefficient (Wildman–Crippen LogP) is 1.87. The summed E-state index contributed by atoms with van der Waals surface area (Å²) in [5, 5.41) is 0. The smallest absolute Gasteiger partial charge is 0.183 e. The molecule has 1 aromatic carbocycles. The Morgan fingerprint density at radius 2 is 0.704 bits per heavy atom. The van der Waals surface area contributed by atoms with Gasteiger partial charge in [-0.15, -0.1) is 0 Å². The van der Waals surface area contributed by atoms with E-state index in [1.54, 1.807) is 0 Å². The lowest BCUT2D eigenvalue weighted by atomic mass is 9.98. The topological polar surface area (TPSA) is 39.3 Å². The maximum Gasteiger partial charge on any atom is 0.183 e. The van der Waals surface area contributed by atoms with Gasteiger partial charge in [0.05, 0.1) is 33.2 Å². The summed E-state index contributed by atoms with van der Waals surface area (Å²) in [5.74, 6) is 2.63. The van der Waals surface area contributed by atoms with E-state index in [2.05, 4.69) is 156 Å². The van der Waals surface area contributed by atoms with Crippen molar-refractivity contribution in [1.82, 2.24) is 0 Å². The molecule has 0 bridgehead atoms. The quantitative estimate of drug-likeness (QED) is 0.0613. The number of hydrogen-bond acceptors (Lipinski definition) is 3. The van der Waals surface area contributed by atoms with E-state index < -0.39 is 0 Å². The molecule has 0 saturated carbocycles. The molecule has 0 fully saturated rings. The SMILES string of the molecule is CCCCCCOc1c(C[n+]2cccc(Br)c2)c(OCCCCCC)c(C[n+]2cccc(Br)c2)c(OCCCCCC)c1C[n+]1cccc(Br)c1.[I-].[I-].[I-]. The number of hydrogen-bond donors (Lipinski definition) is 0. The van der Waals surface area contributed by atoms with Crippen LogP contribution in [0.25, 0.3) is 0 Å². The molecule has 6 nitrogen and oxygen atoms in total. The van der Waals surface area contributed by atoms with Crippen LogP contribution in [-0.2, 0) is 19.6 Å². The summed E-state index contributed by atoms with van der Waals surface area (Å²) in [7, 11) is 0. The fourth-order valence-electron chi connectivity index (χ4n) is 6.23. The van der Waals surface area contributed by atoms with Crippen molar-refractivity contribution in [3.8, 4) is 17.2 Å². The second-order valence-electron chi connectivity index (χ2n) is 13.2. The molecule has 12 heteroatoms. The molecular formula is C42H57Br3I3N3O3. The molecule has 3 heterocycles. The first-order valence-corrected chi connectivity index (χ1v) is 21.3. The first-order chi connectivity index (χ1) is 24.9. The molecule has 300 valence electrons. The maximum atomic E-state index is 6.99. The van der Waals surface area contributed by atoms with Crippen molar-refractivity contribution in [2.75, 3.05) is 19.8 Å². The number of pyridine rings is 3. The lowest BCUT2D eigenvalue weighted by Crippen LogP contribution is -3.00. The summed E-state index contributed by atoms with van der Waals surface area (Å²) in [6.07, 6.45) is 26.3. The van der Waals surface area contributed by atoms with E-state index in [9.17, 15) is 0 Å². The highest BCUT2D eigenvalue weighted by atomic mass is 127. The predicted molar refractivity (Wildman–Crippen MR) is 216 cm³/mol. The normalized spacial score (nSPS) is 10.6. The van der Waals surface area contributed by atoms with E-state index >= 15 is 0 Å². The van der Waals surface area contributed by atoms with Gasteiger partial charge in [-0.1, -0.05) is 78.6 Å². The van der Waals surface area contributed by atoms with Gasteiger partial charge in [-0.3, -0.25) is 0 Å². The summed E-state index contributed by atoms with van der Waals surface area (Å²) in [6, 6.07) is 12.4. The minimum absolute atomic E-state index is 0. The van der Waals surface area contributed by atoms with Crippen LogP contribution in [0.5, 0.6) is 17.2 Å². The molecular weight excluding hydrogens is 1210 g/mol. The third kappa shape index (κ3) is 17.7. The highest BCUT2D eigenvalue weighted by Crippen LogP contribution is 2.45. The maximum absolute atomic E-state index is 6.99. The average Bonchev–Trinajstić information content (AvgIpc) is 3.11. The molecule has 0 N–H and O–H groups in total. The Kier molecular flexibility index (Phi) is 28.6. The van der Waals surface area contributed by atoms with Crippen LogP contribution in [0, 0.1) is 0 Å². The first kappa shape index (κ1) is 51.7. The highest BCUT2D eigenvalue weighted by molar-refractivity contribution is 9.11. The molecule has 0 amide bonds. The van der Waals surface area contributed by atoms with E-state index in [4.69, 9.17) is 14.2 Å². The zero-order valence-electron chi connectivity index (χ0n) is 32.0. The van der Waals surface area contributed by atoms with Crippen LogP contribution < -0.4 is 99.8 Å². The molecule has 0 saturated heterocycles. The molecule has 0 unspecified atom stereocenters. The third-order valence-corrected chi connectivity index (χ3v) is 10.3. The van der Waals surface area contributed by atoms with Crippen molar-refractivity contribution >= 4 is 47.8 Å². The Morgan fingerprint density at radius 1 is 0.426 bits per heavy atom. The first-order valence-electron chi connectivity index (χ1n) is 19.0. The van der Waals surface area contributed by atoms with Gasteiger partial charge in [0.15, 0.2) is 56.8 Å². The van der Waals surface area contributed by atoms with E-state index in [0.717, 1.165) is 85.9 Å². The zero-order valence-corrected chi connectivity index (χ0v) is 43.2. The van der Waals surface area contributed by atoms with Crippen molar-refractivity contribution in [2.24, 2.45) is 0 Å². The van der Waals surface area contributed by atoms with E-state index in [0.29, 0.717) is 39.5 Å². The number of aromatic nitrogens is 3. The van der Waals surface area contributed by atoms with Gasteiger partial charge in [0, 0.05) is 18.2 Å². The molecule has 0 spiro atoms. The van der Waals surface area contributed by atoms with Crippen LogP contribution in [0.2, 0.25) is 0 Å². The number of ether oxygens (including phenoxy) is 3. The number of halogens is 6. The van der Waals surface area contributed by atoms with Gasteiger partial charge in [0.2, 0.25) is 0 Å². The molecule has 0 aliphatic rings. The fraction of sp³-hybridized carbons (Fsp3) is 0.500. The number of nitrogens with zero attached hydrogens (tertiary/aromatic N) is 3. The van der Waals surface area contributed by atoms with E-state index in [-0.39, 0.29) is 71.9 Å². The Bertz CT molecular complexity index is 1440. The van der Waals surface area contributed by atoms with Crippen LogP contribution in [0.3, 0.4) is 0 Å². The Hall–Kier alpha value is -0.300. The van der Waals surface area contributed by atoms with Crippen molar-refractivity contribution in [3.05, 3.63) is 104 Å². The average molecular weight is 1270 g/mol. The Labute approximate surface area is 401 Å². The summed E-state index contributed by atoms with van der Waals surface area (Å²) >= 11 is 11.1. The van der Waals surface area contributed by atoms with Gasteiger partial charge < -0.3 is 86.1 Å². The van der Waals surface area contributed by atoms with Crippen LogP contribution >= 0.6 is 47.8 Å². The van der Waals surface area contributed by atoms with Crippen LogP contribution in [0.1, 0.15) is 115 Å². The Balaban J connectivity index is 0.00000486. The van der Waals surface area contributed by atoms with Gasteiger partial charge >= 0.3 is 0 Å². The molecule has 54 heavy (non-hydrogen) atoms. The number of benzene rings is 1. The van der Waals surface area contributed by atoms with Gasteiger partial charge in [0.25, 0.3) is 0 Å². The van der Waals surface area contributed by atoms with Gasteiger partial charge in [-0.25, -0.2) is 0 Å². The van der Waals surface area contributed by atoms with Crippen LogP contribution in [0.15, 0.2) is 87.0 Å². The van der Waals surface area contributed by atoms with E-state index in [1.165, 1.54) is 38.5 Å². The van der Waals surface area contributed by atoms with Crippen molar-refractivity contribution in [1.29, 1.82) is 0 Å². The third-order valence-electron chi connectivity index (χ3n) is 8.87. The molecule has 0 aliphatic carbocycles. The summed E-state index contributed by atoms with van der Waals surface area (Å²) in [4.78, 5) is 0. The number of unbranched alkanes of at least 4 members (excludes halogenated alkanes) is 9. The van der Waals surface area contributed by atoms with Gasteiger partial charge in [-0.05, 0) is 85.3 Å². The summed E-state index contributed by atoms with van der Waals surface area (Å²) < 4.78 is 30.7. The zero-order chi connectivity index (χ0) is 36.3. The monoisotopic (exact) mass is 1270 g/mol. The molecule has 0 radical (unpaired) electrons. The van der Waals surface area contributed by atoms with Gasteiger partial charge in [-0.2, -0.15) is 13.7 Å². The second-order valence-corrected chi connectivity index (χ2v) is 16.0. The minimum atomic E-state index is 0. The van der Waals surface area contributed by atoms with Gasteiger partial charge in [0.1, 0.15) is 33.9 Å². The second kappa shape index (κ2) is 29.8. The molecule has 4 aromatic rings. The van der Waals surface area contributed by atoms with Crippen molar-refractivity contribution in [2.45, 2.75) is 117 Å². The van der Waals surface area contributed by atoms with Crippen LogP contribution in [-0.4, -0.2) is 19.8 Å². The minimum Gasteiger partial charge on any atom is -1.00 e. The number of rotatable bonds is 24. The lowest BCUT2D eigenvalue weighted by molar-refractivity contribution is -0.691. The molecule has 3 aromatic heterocycles. The fourth-order valence-corrected chi connectivity index (χ4v) is 7.48. The summed E-state index contributed by atoms with van der Waals surface area (Å²) in [6.45, 7) is 10.4. The standard InChI is InChI=1S/C42H57Br3N3O3.3HI/c1-4-7-10-13-25-49-40-37(31-46-22-16-19-34(43)28-46)41(50-26-14-11-8-5-2)39(33-48-24-18-21-36(45)30-48)42(51-27-15-12-9-6-3)38(40)32-47-23-17-20-35(44)29-47;;;/h16-24,28-30H,4-15,25-27,31-33H2,1-3H3;3*1H/q+3;;;/p-3. The van der Waals surface area contributed by atoms with Crippen molar-refractivity contribution in [3.63, 3.8) is 0 Å². The molecule has 0 aliphatic heterocycles. The Morgan fingerprint density at radius 3 is 0.944 bits per heavy atom. The van der Waals surface area contributed by atoms with Crippen molar-refractivity contribution < 1.29 is 99.8 Å². The van der Waals surface area contributed by atoms with E-state index in [1.807, 2.05) is 0 Å². The van der Waals surface area contributed by atoms with Crippen LogP contribution in [0.4, 0.5) is 0 Å². The summed E-state index contributed by atoms with van der Waals surface area (Å²) in [5.41, 5.74) is 3.16.